The summed E-state index contributed by atoms with van der Waals surface area (Å²) >= 11 is 13.5. The normalized spacial score (nSPS) is 16.7. The Balaban J connectivity index is 1.29. The minimum Gasteiger partial charge on any atom is -0.495 e. The molecule has 12 nitrogen and oxygen atoms in total. The van der Waals surface area contributed by atoms with Crippen molar-refractivity contribution < 1.29 is 14.3 Å². The van der Waals surface area contributed by atoms with Gasteiger partial charge in [-0.3, -0.25) is 19.1 Å². The summed E-state index contributed by atoms with van der Waals surface area (Å²) < 4.78 is 12.6. The lowest BCUT2D eigenvalue weighted by molar-refractivity contribution is -0.128. The summed E-state index contributed by atoms with van der Waals surface area (Å²) in [4.78, 5) is 43.3. The third kappa shape index (κ3) is 8.28. The second-order valence-electron chi connectivity index (χ2n) is 13.6. The lowest BCUT2D eigenvalue weighted by Gasteiger charge is -2.42. The maximum Gasteiger partial charge on any atom is 0.264 e. The highest BCUT2D eigenvalue weighted by molar-refractivity contribution is 6.41. The average Bonchev–Trinajstić information content (AvgIpc) is 3.15. The van der Waals surface area contributed by atoms with E-state index >= 15 is 0 Å². The number of aryl methyl sites for hydroxylation is 1. The van der Waals surface area contributed by atoms with Crippen molar-refractivity contribution in [2.24, 2.45) is 5.92 Å². The van der Waals surface area contributed by atoms with Crippen molar-refractivity contribution in [1.29, 1.82) is 5.26 Å². The number of nitrogens with zero attached hydrogens (tertiary/aromatic N) is 7. The van der Waals surface area contributed by atoms with Crippen LogP contribution in [0.2, 0.25) is 10.0 Å². The number of rotatable bonds is 12. The van der Waals surface area contributed by atoms with Crippen LogP contribution in [-0.4, -0.2) is 108 Å². The third-order valence-electron chi connectivity index (χ3n) is 10.3. The van der Waals surface area contributed by atoms with Gasteiger partial charge in [0, 0.05) is 81.6 Å². The van der Waals surface area contributed by atoms with E-state index in [4.69, 9.17) is 32.7 Å². The molecule has 1 aromatic carbocycles. The number of carbonyl (C=O) groups is 1. The number of methoxy groups -OCH3 is 2. The summed E-state index contributed by atoms with van der Waals surface area (Å²) in [7, 11) is 4.70. The van der Waals surface area contributed by atoms with Gasteiger partial charge >= 0.3 is 0 Å². The number of pyridine rings is 1. The number of anilines is 1. The highest BCUT2D eigenvalue weighted by atomic mass is 35.5. The van der Waals surface area contributed by atoms with E-state index < -0.39 is 5.54 Å². The number of amides is 1. The summed E-state index contributed by atoms with van der Waals surface area (Å²) in [5, 5.41) is 14.0. The van der Waals surface area contributed by atoms with Crippen molar-refractivity contribution in [3.8, 4) is 28.7 Å². The molecule has 14 heteroatoms. The first-order valence-electron chi connectivity index (χ1n) is 17.5. The van der Waals surface area contributed by atoms with Crippen LogP contribution in [0.1, 0.15) is 46.5 Å². The zero-order chi connectivity index (χ0) is 36.9. The number of ether oxygens (including phenoxy) is 2. The zero-order valence-corrected chi connectivity index (χ0v) is 31.9. The molecule has 5 rings (SSSR count). The fourth-order valence-electron chi connectivity index (χ4n) is 7.15. The molecule has 2 aliphatic heterocycles. The van der Waals surface area contributed by atoms with Crippen LogP contribution < -0.4 is 20.3 Å². The summed E-state index contributed by atoms with van der Waals surface area (Å²) in [6, 6.07) is 5.48. The minimum atomic E-state index is -0.396. The molecule has 0 radical (unpaired) electrons. The van der Waals surface area contributed by atoms with Crippen LogP contribution in [0.25, 0.3) is 22.2 Å². The number of nitriles is 1. The Kier molecular flexibility index (Phi) is 12.5. The number of carbonyl (C=O) groups excluding carboxylic acids is 1. The molecule has 3 aromatic rings. The van der Waals surface area contributed by atoms with E-state index in [1.54, 1.807) is 29.9 Å². The molecule has 1 amide bonds. The number of aromatic nitrogens is 3. The SMILES string of the molecule is CCN1CCN(C(C)(C)/C=C(/C#N)C(=O)N2CCC(CCCn3c(=O)c(-c4c(Cl)c(OC)cc(OC)c4Cl)cc4cnc(NC)nc43)CC2)CC1. The predicted molar refractivity (Wildman–Crippen MR) is 202 cm³/mol. The van der Waals surface area contributed by atoms with Gasteiger partial charge in [0.15, 0.2) is 0 Å². The molecule has 0 bridgehead atoms. The van der Waals surface area contributed by atoms with E-state index in [1.165, 1.54) is 14.2 Å². The molecule has 0 saturated carbocycles. The van der Waals surface area contributed by atoms with E-state index in [1.807, 2.05) is 11.0 Å². The van der Waals surface area contributed by atoms with Gasteiger partial charge in [-0.05, 0) is 64.1 Å². The smallest absolute Gasteiger partial charge is 0.264 e. The number of piperidine rings is 1. The third-order valence-corrected chi connectivity index (χ3v) is 11.0. The molecule has 2 fully saturated rings. The van der Waals surface area contributed by atoms with E-state index in [2.05, 4.69) is 51.9 Å². The van der Waals surface area contributed by atoms with Crippen molar-refractivity contribution in [2.75, 3.05) is 72.4 Å². The van der Waals surface area contributed by atoms with E-state index in [-0.39, 0.29) is 32.6 Å². The summed E-state index contributed by atoms with van der Waals surface area (Å²) in [6.07, 6.45) is 6.73. The van der Waals surface area contributed by atoms with E-state index in [9.17, 15) is 14.9 Å². The number of hydrogen-bond acceptors (Lipinski definition) is 10. The lowest BCUT2D eigenvalue weighted by Crippen LogP contribution is -2.54. The molecule has 0 atom stereocenters. The van der Waals surface area contributed by atoms with Gasteiger partial charge in [-0.25, -0.2) is 4.98 Å². The van der Waals surface area contributed by atoms with Gasteiger partial charge < -0.3 is 24.6 Å². The Morgan fingerprint density at radius 1 is 1.08 bits per heavy atom. The van der Waals surface area contributed by atoms with Gasteiger partial charge in [0.2, 0.25) is 5.95 Å². The second kappa shape index (κ2) is 16.6. The van der Waals surface area contributed by atoms with Crippen molar-refractivity contribution in [3.63, 3.8) is 0 Å². The molecule has 2 aromatic heterocycles. The van der Waals surface area contributed by atoms with Crippen molar-refractivity contribution in [1.82, 2.24) is 29.2 Å². The van der Waals surface area contributed by atoms with Crippen LogP contribution in [-0.2, 0) is 11.3 Å². The standard InChI is InChI=1S/C37H48Cl2N8O4/c1-7-44-15-17-46(18-16-44)37(2,3)21-26(22-40)34(48)45-13-10-24(11-14-45)9-8-12-47-33-25(23-42-36(41-4)43-33)19-27(35(47)49)30-31(38)28(50-5)20-29(51-6)32(30)39/h19-21,23-24H,7-18H2,1-6H3,(H,41,42,43)/b26-21-. The fraction of sp³-hybridized carbons (Fsp3) is 0.541. The lowest BCUT2D eigenvalue weighted by atomic mass is 9.91. The Morgan fingerprint density at radius 3 is 2.29 bits per heavy atom. The Hall–Kier alpha value is -3.89. The number of benzene rings is 1. The minimum absolute atomic E-state index is 0.197. The van der Waals surface area contributed by atoms with Gasteiger partial charge in [-0.1, -0.05) is 30.1 Å². The van der Waals surface area contributed by atoms with Gasteiger partial charge in [-0.2, -0.15) is 10.2 Å². The van der Waals surface area contributed by atoms with Crippen LogP contribution in [0, 0.1) is 17.2 Å². The van der Waals surface area contributed by atoms with Crippen molar-refractivity contribution in [2.45, 2.75) is 58.5 Å². The van der Waals surface area contributed by atoms with Crippen LogP contribution in [0.3, 0.4) is 0 Å². The average molecular weight is 740 g/mol. The van der Waals surface area contributed by atoms with Crippen LogP contribution >= 0.6 is 23.2 Å². The topological polar surface area (TPSA) is 129 Å². The maximum atomic E-state index is 14.2. The second-order valence-corrected chi connectivity index (χ2v) is 14.4. The quantitative estimate of drug-likeness (QED) is 0.182. The van der Waals surface area contributed by atoms with Crippen LogP contribution in [0.15, 0.2) is 34.8 Å². The number of likely N-dealkylation sites (tertiary alicyclic amines) is 1. The predicted octanol–water partition coefficient (Wildman–Crippen LogP) is 5.71. The number of piperazine rings is 1. The molecule has 51 heavy (non-hydrogen) atoms. The van der Waals surface area contributed by atoms with Crippen LogP contribution in [0.5, 0.6) is 11.5 Å². The highest BCUT2D eigenvalue weighted by Gasteiger charge is 2.32. The molecule has 0 unspecified atom stereocenters. The zero-order valence-electron chi connectivity index (χ0n) is 30.4. The van der Waals surface area contributed by atoms with Gasteiger partial charge in [0.1, 0.15) is 28.8 Å². The highest BCUT2D eigenvalue weighted by Crippen LogP contribution is 2.45. The number of fused-ring (bicyclic) bond motifs is 1. The van der Waals surface area contributed by atoms with Crippen LogP contribution in [0.4, 0.5) is 5.95 Å². The molecule has 2 saturated heterocycles. The first-order chi connectivity index (χ1) is 24.5. The monoisotopic (exact) mass is 738 g/mol. The number of hydrogen-bond donors (Lipinski definition) is 1. The molecule has 274 valence electrons. The molecule has 0 spiro atoms. The Labute approximate surface area is 309 Å². The van der Waals surface area contributed by atoms with E-state index in [0.29, 0.717) is 66.0 Å². The molecular formula is C37H48Cl2N8O4. The molecule has 1 N–H and O–H groups in total. The number of halogens is 2. The van der Waals surface area contributed by atoms with Crippen molar-refractivity contribution in [3.05, 3.63) is 50.4 Å². The first-order valence-corrected chi connectivity index (χ1v) is 18.3. The van der Waals surface area contributed by atoms with E-state index in [0.717, 1.165) is 52.0 Å². The summed E-state index contributed by atoms with van der Waals surface area (Å²) in [5.41, 5.74) is 0.616. The van der Waals surface area contributed by atoms with Gasteiger partial charge in [-0.15, -0.1) is 0 Å². The molecule has 4 heterocycles. The number of nitrogens with one attached hydrogen (secondary N) is 1. The van der Waals surface area contributed by atoms with Gasteiger partial charge in [0.05, 0.1) is 29.8 Å². The summed E-state index contributed by atoms with van der Waals surface area (Å²) in [5.74, 6) is 1.23. The molecular weight excluding hydrogens is 691 g/mol. The Bertz CT molecular complexity index is 1840. The molecule has 2 aliphatic rings. The Morgan fingerprint density at radius 2 is 1.73 bits per heavy atom. The first kappa shape index (κ1) is 38.3. The largest absolute Gasteiger partial charge is 0.495 e. The summed E-state index contributed by atoms with van der Waals surface area (Å²) in [6.45, 7) is 12.7. The molecule has 0 aliphatic carbocycles. The van der Waals surface area contributed by atoms with Crippen molar-refractivity contribution >= 4 is 46.1 Å². The maximum absolute atomic E-state index is 14.2. The fourth-order valence-corrected chi connectivity index (χ4v) is 7.85. The number of likely N-dealkylation sites (N-methyl/N-ethyl adjacent to an activating group) is 1. The van der Waals surface area contributed by atoms with Gasteiger partial charge in [0.25, 0.3) is 11.5 Å².